The van der Waals surface area contributed by atoms with Crippen molar-refractivity contribution in [3.8, 4) is 0 Å². The molecule has 0 aliphatic carbocycles. The third-order valence-electron chi connectivity index (χ3n) is 4.79. The van der Waals surface area contributed by atoms with Crippen LogP contribution in [0.1, 0.15) is 29.6 Å². The molecule has 2 aliphatic rings. The van der Waals surface area contributed by atoms with Gasteiger partial charge >= 0.3 is 0 Å². The van der Waals surface area contributed by atoms with Crippen molar-refractivity contribution in [1.29, 1.82) is 0 Å². The lowest BCUT2D eigenvalue weighted by molar-refractivity contribution is 0.0682. The number of rotatable bonds is 1. The standard InChI is InChI=1S/C17H18ClN3O/c18-12-8-11-2-1-6-20-16(11)15(9-12)17(22)21-13-3-4-14(21)10-19-7-5-13/h1-2,6,8-9,13-14,19H,3-5,7,10H2. The maximum atomic E-state index is 13.2. The van der Waals surface area contributed by atoms with Crippen LogP contribution in [0.5, 0.6) is 0 Å². The van der Waals surface area contributed by atoms with E-state index in [9.17, 15) is 4.79 Å². The molecule has 1 amide bonds. The van der Waals surface area contributed by atoms with E-state index in [0.717, 1.165) is 43.3 Å². The predicted molar refractivity (Wildman–Crippen MR) is 87.2 cm³/mol. The van der Waals surface area contributed by atoms with E-state index in [0.29, 0.717) is 16.6 Å². The third-order valence-corrected chi connectivity index (χ3v) is 5.01. The van der Waals surface area contributed by atoms with Crippen LogP contribution in [0.15, 0.2) is 30.5 Å². The second kappa shape index (κ2) is 5.52. The number of benzene rings is 1. The Kier molecular flexibility index (Phi) is 3.51. The van der Waals surface area contributed by atoms with Crippen LogP contribution in [0.2, 0.25) is 5.02 Å². The van der Waals surface area contributed by atoms with Crippen LogP contribution in [0.25, 0.3) is 10.9 Å². The zero-order chi connectivity index (χ0) is 15.1. The van der Waals surface area contributed by atoms with Gasteiger partial charge in [-0.3, -0.25) is 9.78 Å². The minimum atomic E-state index is 0.0717. The van der Waals surface area contributed by atoms with Crippen molar-refractivity contribution in [2.24, 2.45) is 0 Å². The fourth-order valence-electron chi connectivity index (χ4n) is 3.77. The molecule has 0 saturated carbocycles. The summed E-state index contributed by atoms with van der Waals surface area (Å²) in [7, 11) is 0. The summed E-state index contributed by atoms with van der Waals surface area (Å²) in [6.45, 7) is 1.87. The molecule has 2 aromatic rings. The Morgan fingerprint density at radius 3 is 3.05 bits per heavy atom. The summed E-state index contributed by atoms with van der Waals surface area (Å²) in [6.07, 6.45) is 4.93. The van der Waals surface area contributed by atoms with Gasteiger partial charge in [-0.25, -0.2) is 0 Å². The van der Waals surface area contributed by atoms with Crippen molar-refractivity contribution in [2.75, 3.05) is 13.1 Å². The first-order valence-electron chi connectivity index (χ1n) is 7.82. The molecule has 1 N–H and O–H groups in total. The van der Waals surface area contributed by atoms with Crippen molar-refractivity contribution in [3.63, 3.8) is 0 Å². The zero-order valence-corrected chi connectivity index (χ0v) is 13.0. The average molecular weight is 316 g/mol. The van der Waals surface area contributed by atoms with Crippen molar-refractivity contribution < 1.29 is 4.79 Å². The Bertz CT molecular complexity index is 719. The fourth-order valence-corrected chi connectivity index (χ4v) is 4.00. The molecule has 2 bridgehead atoms. The molecule has 0 spiro atoms. The van der Waals surface area contributed by atoms with E-state index in [-0.39, 0.29) is 11.9 Å². The van der Waals surface area contributed by atoms with Gasteiger partial charge in [-0.15, -0.1) is 0 Å². The van der Waals surface area contributed by atoms with Gasteiger partial charge in [-0.1, -0.05) is 17.7 Å². The van der Waals surface area contributed by atoms with Crippen molar-refractivity contribution in [3.05, 3.63) is 41.0 Å². The quantitative estimate of drug-likeness (QED) is 0.880. The highest BCUT2D eigenvalue weighted by Crippen LogP contribution is 2.32. The zero-order valence-electron chi connectivity index (χ0n) is 12.3. The molecule has 4 nitrogen and oxygen atoms in total. The lowest BCUT2D eigenvalue weighted by Gasteiger charge is -2.28. The number of nitrogens with zero attached hydrogens (tertiary/aromatic N) is 2. The average Bonchev–Trinajstić information content (AvgIpc) is 2.78. The first kappa shape index (κ1) is 14.0. The molecular formula is C17H18ClN3O. The predicted octanol–water partition coefficient (Wildman–Crippen LogP) is 2.85. The molecule has 2 saturated heterocycles. The van der Waals surface area contributed by atoms with E-state index in [4.69, 9.17) is 11.6 Å². The van der Waals surface area contributed by atoms with Crippen molar-refractivity contribution in [2.45, 2.75) is 31.3 Å². The maximum Gasteiger partial charge on any atom is 0.256 e. The van der Waals surface area contributed by atoms with Gasteiger partial charge in [0.15, 0.2) is 0 Å². The van der Waals surface area contributed by atoms with E-state index in [1.165, 1.54) is 0 Å². The Morgan fingerprint density at radius 1 is 1.27 bits per heavy atom. The summed E-state index contributed by atoms with van der Waals surface area (Å²) in [5.74, 6) is 0.0717. The third kappa shape index (κ3) is 2.27. The second-order valence-corrected chi connectivity index (χ2v) is 6.56. The summed E-state index contributed by atoms with van der Waals surface area (Å²) >= 11 is 6.22. The number of pyridine rings is 1. The monoisotopic (exact) mass is 315 g/mol. The summed E-state index contributed by atoms with van der Waals surface area (Å²) in [6, 6.07) is 8.06. The number of carbonyl (C=O) groups is 1. The van der Waals surface area contributed by atoms with Crippen LogP contribution in [0.3, 0.4) is 0 Å². The maximum absolute atomic E-state index is 13.2. The smallest absolute Gasteiger partial charge is 0.256 e. The van der Waals surface area contributed by atoms with E-state index >= 15 is 0 Å². The molecular weight excluding hydrogens is 298 g/mol. The number of hydrogen-bond donors (Lipinski definition) is 1. The van der Waals surface area contributed by atoms with Gasteiger partial charge < -0.3 is 10.2 Å². The van der Waals surface area contributed by atoms with E-state index < -0.39 is 0 Å². The molecule has 3 heterocycles. The minimum Gasteiger partial charge on any atom is -0.331 e. The highest BCUT2D eigenvalue weighted by atomic mass is 35.5. The highest BCUT2D eigenvalue weighted by molar-refractivity contribution is 6.32. The fraction of sp³-hybridized carbons (Fsp3) is 0.412. The topological polar surface area (TPSA) is 45.2 Å². The molecule has 2 fully saturated rings. The van der Waals surface area contributed by atoms with Crippen LogP contribution >= 0.6 is 11.6 Å². The molecule has 22 heavy (non-hydrogen) atoms. The number of amides is 1. The summed E-state index contributed by atoms with van der Waals surface area (Å²) in [5, 5.41) is 4.93. The van der Waals surface area contributed by atoms with Crippen LogP contribution in [0.4, 0.5) is 0 Å². The number of fused-ring (bicyclic) bond motifs is 3. The molecule has 5 heteroatoms. The number of aromatic nitrogens is 1. The molecule has 1 aromatic heterocycles. The van der Waals surface area contributed by atoms with Gasteiger partial charge in [0.25, 0.3) is 5.91 Å². The van der Waals surface area contributed by atoms with Crippen molar-refractivity contribution in [1.82, 2.24) is 15.2 Å². The first-order chi connectivity index (χ1) is 10.7. The lowest BCUT2D eigenvalue weighted by atomic mass is 10.1. The van der Waals surface area contributed by atoms with Gasteiger partial charge in [0.05, 0.1) is 11.1 Å². The lowest BCUT2D eigenvalue weighted by Crippen LogP contribution is -2.42. The normalized spacial score (nSPS) is 24.5. The van der Waals surface area contributed by atoms with E-state index in [2.05, 4.69) is 15.2 Å². The number of carbonyl (C=O) groups excluding carboxylic acids is 1. The summed E-state index contributed by atoms with van der Waals surface area (Å²) in [4.78, 5) is 19.7. The Hall–Kier alpha value is -1.65. The first-order valence-corrected chi connectivity index (χ1v) is 8.19. The Balaban J connectivity index is 1.80. The number of hydrogen-bond acceptors (Lipinski definition) is 3. The Morgan fingerprint density at radius 2 is 2.14 bits per heavy atom. The largest absolute Gasteiger partial charge is 0.331 e. The van der Waals surface area contributed by atoms with Gasteiger partial charge in [0, 0.05) is 35.2 Å². The van der Waals surface area contributed by atoms with Crippen LogP contribution in [-0.2, 0) is 0 Å². The summed E-state index contributed by atoms with van der Waals surface area (Å²) < 4.78 is 0. The molecule has 0 radical (unpaired) electrons. The van der Waals surface area contributed by atoms with Gasteiger partial charge in [0.2, 0.25) is 0 Å². The molecule has 2 aliphatic heterocycles. The molecule has 2 unspecified atom stereocenters. The van der Waals surface area contributed by atoms with Crippen LogP contribution < -0.4 is 5.32 Å². The van der Waals surface area contributed by atoms with Gasteiger partial charge in [0.1, 0.15) is 0 Å². The number of halogens is 1. The SMILES string of the molecule is O=C(c1cc(Cl)cc2cccnc12)N1C2CCNCC1CC2. The van der Waals surface area contributed by atoms with Gasteiger partial charge in [-0.05, 0) is 44.0 Å². The van der Waals surface area contributed by atoms with Crippen molar-refractivity contribution >= 4 is 28.4 Å². The van der Waals surface area contributed by atoms with E-state index in [1.807, 2.05) is 18.2 Å². The highest BCUT2D eigenvalue weighted by Gasteiger charge is 2.38. The summed E-state index contributed by atoms with van der Waals surface area (Å²) in [5.41, 5.74) is 1.37. The second-order valence-electron chi connectivity index (χ2n) is 6.12. The van der Waals surface area contributed by atoms with E-state index in [1.54, 1.807) is 12.3 Å². The van der Waals surface area contributed by atoms with Gasteiger partial charge in [-0.2, -0.15) is 0 Å². The minimum absolute atomic E-state index is 0.0717. The van der Waals surface area contributed by atoms with Crippen LogP contribution in [-0.4, -0.2) is 41.0 Å². The van der Waals surface area contributed by atoms with Crippen LogP contribution in [0, 0.1) is 0 Å². The molecule has 4 rings (SSSR count). The molecule has 114 valence electrons. The molecule has 1 aromatic carbocycles. The Labute approximate surface area is 134 Å². The molecule has 2 atom stereocenters. The number of nitrogens with one attached hydrogen (secondary N) is 1.